The lowest BCUT2D eigenvalue weighted by atomic mass is 9.74. The molecule has 2 aliphatic heterocycles. The molecule has 0 aliphatic carbocycles. The van der Waals surface area contributed by atoms with Crippen molar-refractivity contribution < 1.29 is 23.9 Å². The van der Waals surface area contributed by atoms with Gasteiger partial charge in [-0.3, -0.25) is 19.3 Å². The van der Waals surface area contributed by atoms with Crippen LogP contribution >= 0.6 is 0 Å². The van der Waals surface area contributed by atoms with Crippen molar-refractivity contribution in [1.82, 2.24) is 9.80 Å². The fraction of sp³-hybridized carbons (Fsp3) is 0.640. The van der Waals surface area contributed by atoms with Crippen molar-refractivity contribution in [3.05, 3.63) is 35.4 Å². The van der Waals surface area contributed by atoms with Crippen LogP contribution in [0.25, 0.3) is 0 Å². The highest BCUT2D eigenvalue weighted by molar-refractivity contribution is 6.11. The summed E-state index contributed by atoms with van der Waals surface area (Å²) in [5.74, 6) is -0.580. The van der Waals surface area contributed by atoms with E-state index in [0.29, 0.717) is 32.7 Å². The molecule has 7 nitrogen and oxygen atoms in total. The van der Waals surface area contributed by atoms with Gasteiger partial charge in [-0.1, -0.05) is 31.2 Å². The molecule has 2 fully saturated rings. The number of ether oxygens (including phenoxy) is 2. The Balaban J connectivity index is 1.89. The van der Waals surface area contributed by atoms with E-state index in [1.54, 1.807) is 7.11 Å². The van der Waals surface area contributed by atoms with Gasteiger partial charge in [0.25, 0.3) is 0 Å². The lowest BCUT2D eigenvalue weighted by Gasteiger charge is -2.32. The minimum absolute atomic E-state index is 0.00404. The van der Waals surface area contributed by atoms with Gasteiger partial charge >= 0.3 is 0 Å². The van der Waals surface area contributed by atoms with Gasteiger partial charge in [0.15, 0.2) is 0 Å². The number of rotatable bonds is 11. The summed E-state index contributed by atoms with van der Waals surface area (Å²) in [5, 5.41) is 0. The fourth-order valence-electron chi connectivity index (χ4n) is 4.94. The van der Waals surface area contributed by atoms with Crippen molar-refractivity contribution in [2.24, 2.45) is 0 Å². The molecule has 2 heterocycles. The Kier molecular flexibility index (Phi) is 8.43. The van der Waals surface area contributed by atoms with E-state index in [1.807, 2.05) is 43.0 Å². The van der Waals surface area contributed by atoms with E-state index in [-0.39, 0.29) is 36.7 Å². The minimum atomic E-state index is -1.16. The van der Waals surface area contributed by atoms with Gasteiger partial charge in [0.1, 0.15) is 0 Å². The van der Waals surface area contributed by atoms with Crippen LogP contribution in [0.5, 0.6) is 0 Å². The molecule has 0 aromatic heterocycles. The fourth-order valence-corrected chi connectivity index (χ4v) is 4.94. The molecule has 2 saturated heterocycles. The van der Waals surface area contributed by atoms with E-state index in [0.717, 1.165) is 37.0 Å². The highest BCUT2D eigenvalue weighted by Gasteiger charge is 2.54. The Bertz CT molecular complexity index is 820. The molecule has 1 aromatic rings. The Hall–Kier alpha value is -2.25. The molecule has 2 aliphatic rings. The van der Waals surface area contributed by atoms with E-state index in [1.165, 1.54) is 4.90 Å². The predicted molar refractivity (Wildman–Crippen MR) is 121 cm³/mol. The summed E-state index contributed by atoms with van der Waals surface area (Å²) in [5.41, 5.74) is 0.533. The predicted octanol–water partition coefficient (Wildman–Crippen LogP) is 2.84. The molecule has 176 valence electrons. The number of hydrogen-bond acceptors (Lipinski definition) is 5. The molecule has 0 spiro atoms. The van der Waals surface area contributed by atoms with Gasteiger partial charge in [0.2, 0.25) is 17.7 Å². The van der Waals surface area contributed by atoms with E-state index < -0.39 is 5.41 Å². The molecule has 0 bridgehead atoms. The maximum atomic E-state index is 13.7. The summed E-state index contributed by atoms with van der Waals surface area (Å²) in [6, 6.07) is 7.60. The molecule has 7 heteroatoms. The smallest absolute Gasteiger partial charge is 0.240 e. The molecule has 0 unspecified atom stereocenters. The lowest BCUT2D eigenvalue weighted by molar-refractivity contribution is -0.143. The number of imide groups is 1. The highest BCUT2D eigenvalue weighted by Crippen LogP contribution is 2.42. The Morgan fingerprint density at radius 1 is 1.31 bits per heavy atom. The quantitative estimate of drug-likeness (QED) is 0.388. The number of nitrogens with zero attached hydrogens (tertiary/aromatic N) is 2. The summed E-state index contributed by atoms with van der Waals surface area (Å²) >= 11 is 0. The summed E-state index contributed by atoms with van der Waals surface area (Å²) in [6.07, 6.45) is 3.42. The zero-order chi connectivity index (χ0) is 23.1. The number of likely N-dealkylation sites (tertiary alicyclic amines) is 1. The molecule has 0 N–H and O–H groups in total. The van der Waals surface area contributed by atoms with Gasteiger partial charge in [0.05, 0.1) is 11.5 Å². The van der Waals surface area contributed by atoms with Gasteiger partial charge < -0.3 is 14.4 Å². The average Bonchev–Trinajstić information content (AvgIpc) is 3.36. The second-order valence-corrected chi connectivity index (χ2v) is 8.92. The van der Waals surface area contributed by atoms with Crippen LogP contribution in [0.3, 0.4) is 0 Å². The van der Waals surface area contributed by atoms with Gasteiger partial charge in [0, 0.05) is 52.8 Å². The molecule has 0 radical (unpaired) electrons. The summed E-state index contributed by atoms with van der Waals surface area (Å²) < 4.78 is 10.8. The first-order valence-electron chi connectivity index (χ1n) is 11.7. The Morgan fingerprint density at radius 2 is 2.09 bits per heavy atom. The van der Waals surface area contributed by atoms with Crippen LogP contribution in [0.15, 0.2) is 24.3 Å². The largest absolute Gasteiger partial charge is 0.385 e. The van der Waals surface area contributed by atoms with Crippen LogP contribution < -0.4 is 0 Å². The Labute approximate surface area is 191 Å². The molecule has 3 amide bonds. The van der Waals surface area contributed by atoms with Crippen LogP contribution in [-0.4, -0.2) is 73.6 Å². The Morgan fingerprint density at radius 3 is 2.75 bits per heavy atom. The topological polar surface area (TPSA) is 76.2 Å². The first-order valence-corrected chi connectivity index (χ1v) is 11.7. The molecule has 1 aromatic carbocycles. The number of hydrogen-bond donors (Lipinski definition) is 0. The van der Waals surface area contributed by atoms with Crippen molar-refractivity contribution >= 4 is 17.7 Å². The normalized spacial score (nSPS) is 23.2. The first kappa shape index (κ1) is 24.4. The summed E-state index contributed by atoms with van der Waals surface area (Å²) in [6.45, 7) is 6.63. The maximum absolute atomic E-state index is 13.7. The molecular weight excluding hydrogens is 408 g/mol. The lowest BCUT2D eigenvalue weighted by Crippen LogP contribution is -2.45. The molecule has 0 saturated carbocycles. The number of carbonyl (C=O) groups excluding carboxylic acids is 3. The first-order chi connectivity index (χ1) is 15.4. The maximum Gasteiger partial charge on any atom is 0.240 e. The van der Waals surface area contributed by atoms with Crippen molar-refractivity contribution in [2.75, 3.05) is 40.0 Å². The second-order valence-electron chi connectivity index (χ2n) is 8.92. The molecule has 3 rings (SSSR count). The van der Waals surface area contributed by atoms with Crippen molar-refractivity contribution in [1.29, 1.82) is 0 Å². The number of aryl methyl sites for hydroxylation is 1. The van der Waals surface area contributed by atoms with E-state index in [4.69, 9.17) is 9.47 Å². The van der Waals surface area contributed by atoms with Gasteiger partial charge in [-0.25, -0.2) is 0 Å². The van der Waals surface area contributed by atoms with Crippen molar-refractivity contribution in [3.8, 4) is 0 Å². The second kappa shape index (κ2) is 11.1. The van der Waals surface area contributed by atoms with Crippen molar-refractivity contribution in [3.63, 3.8) is 0 Å². The van der Waals surface area contributed by atoms with Crippen LogP contribution in [0, 0.1) is 6.92 Å². The third-order valence-electron chi connectivity index (χ3n) is 6.55. The van der Waals surface area contributed by atoms with Crippen LogP contribution in [0.4, 0.5) is 0 Å². The zero-order valence-corrected chi connectivity index (χ0v) is 19.6. The molecular formula is C25H36N2O5. The number of amides is 3. The van der Waals surface area contributed by atoms with Crippen molar-refractivity contribution in [2.45, 2.75) is 63.9 Å². The molecule has 32 heavy (non-hydrogen) atoms. The van der Waals surface area contributed by atoms with Crippen LogP contribution in [-0.2, 0) is 29.3 Å². The van der Waals surface area contributed by atoms with E-state index in [2.05, 4.69) is 0 Å². The third-order valence-corrected chi connectivity index (χ3v) is 6.55. The highest BCUT2D eigenvalue weighted by atomic mass is 16.5. The van der Waals surface area contributed by atoms with E-state index >= 15 is 0 Å². The van der Waals surface area contributed by atoms with Gasteiger partial charge in [-0.05, 0) is 43.7 Å². The standard InChI is InChI=1S/C25H36N2O5/c1-4-12-26(18-20-10-7-15-32-20)22(28)16-25(21-11-6-5-9-19(21)2)17-23(29)27(24(25)30)13-8-14-31-3/h5-6,9,11,20H,4,7-8,10,12-18H2,1-3H3/t20-,25-/m1/s1. The summed E-state index contributed by atoms with van der Waals surface area (Å²) in [4.78, 5) is 43.4. The number of carbonyl (C=O) groups is 3. The number of benzene rings is 1. The van der Waals surface area contributed by atoms with Crippen LogP contribution in [0.1, 0.15) is 56.6 Å². The summed E-state index contributed by atoms with van der Waals surface area (Å²) in [7, 11) is 1.60. The zero-order valence-electron chi connectivity index (χ0n) is 19.6. The van der Waals surface area contributed by atoms with Gasteiger partial charge in [-0.2, -0.15) is 0 Å². The molecule has 2 atom stereocenters. The average molecular weight is 445 g/mol. The third kappa shape index (κ3) is 5.21. The van der Waals surface area contributed by atoms with Crippen LogP contribution in [0.2, 0.25) is 0 Å². The monoisotopic (exact) mass is 444 g/mol. The van der Waals surface area contributed by atoms with E-state index in [9.17, 15) is 14.4 Å². The SMILES string of the molecule is CCCN(C[C@H]1CCCO1)C(=O)C[C@]1(c2ccccc2C)CC(=O)N(CCCOC)C1=O. The van der Waals surface area contributed by atoms with Gasteiger partial charge in [-0.15, -0.1) is 0 Å². The minimum Gasteiger partial charge on any atom is -0.385 e. The number of methoxy groups -OCH3 is 1.